The molecule has 0 radical (unpaired) electrons. The Kier molecular flexibility index (Phi) is 6.14. The molecule has 1 aliphatic rings. The number of hydrogen-bond acceptors (Lipinski definition) is 7. The summed E-state index contributed by atoms with van der Waals surface area (Å²) in [6.07, 6.45) is 5.54. The van der Waals surface area contributed by atoms with Crippen LogP contribution < -0.4 is 15.4 Å². The number of ether oxygens (including phenoxy) is 1. The van der Waals surface area contributed by atoms with Gasteiger partial charge >= 0.3 is 0 Å². The van der Waals surface area contributed by atoms with Crippen molar-refractivity contribution in [3.63, 3.8) is 0 Å². The summed E-state index contributed by atoms with van der Waals surface area (Å²) in [5.74, 6) is 1.61. The Morgan fingerprint density at radius 1 is 1.03 bits per heavy atom. The maximum atomic E-state index is 6.13. The van der Waals surface area contributed by atoms with Crippen LogP contribution in [0.1, 0.15) is 12.6 Å². The fourth-order valence-electron chi connectivity index (χ4n) is 4.18. The molecule has 3 aromatic heterocycles. The molecular formula is C26H29N7O. The molecule has 1 saturated heterocycles. The topological polar surface area (TPSA) is 84.8 Å². The molecule has 4 heterocycles. The molecule has 0 aliphatic carbocycles. The molecular weight excluding hydrogens is 426 g/mol. The lowest BCUT2D eigenvalue weighted by atomic mass is 10.1. The number of nitrogens with zero attached hydrogens (tertiary/aromatic N) is 6. The van der Waals surface area contributed by atoms with Gasteiger partial charge in [0.15, 0.2) is 0 Å². The summed E-state index contributed by atoms with van der Waals surface area (Å²) in [7, 11) is 0. The third-order valence-corrected chi connectivity index (χ3v) is 5.93. The number of benzene rings is 1. The first-order chi connectivity index (χ1) is 16.6. The van der Waals surface area contributed by atoms with Gasteiger partial charge in [-0.05, 0) is 55.0 Å². The Morgan fingerprint density at radius 2 is 1.76 bits per heavy atom. The SMILES string of the molecule is C=C(C)COc1ccc(-c2nc3ccc(N)cn3c2CN2CCN(c3ncccn3)CC2)cc1. The van der Waals surface area contributed by atoms with E-state index in [-0.39, 0.29) is 0 Å². The van der Waals surface area contributed by atoms with Crippen LogP contribution in [0.4, 0.5) is 11.6 Å². The molecule has 1 fully saturated rings. The van der Waals surface area contributed by atoms with E-state index in [1.54, 1.807) is 12.4 Å². The Bertz CT molecular complexity index is 1280. The summed E-state index contributed by atoms with van der Waals surface area (Å²) in [6.45, 7) is 10.7. The number of aromatic nitrogens is 4. The lowest BCUT2D eigenvalue weighted by Crippen LogP contribution is -2.46. The van der Waals surface area contributed by atoms with Gasteiger partial charge < -0.3 is 19.8 Å². The minimum atomic E-state index is 0.512. The quantitative estimate of drug-likeness (QED) is 0.426. The van der Waals surface area contributed by atoms with Crippen LogP contribution in [0.15, 0.2) is 73.2 Å². The van der Waals surface area contributed by atoms with E-state index >= 15 is 0 Å². The number of nitrogens with two attached hydrogens (primary N) is 1. The molecule has 0 amide bonds. The first kappa shape index (κ1) is 21.9. The largest absolute Gasteiger partial charge is 0.489 e. The zero-order valence-electron chi connectivity index (χ0n) is 19.4. The van der Waals surface area contributed by atoms with Gasteiger partial charge in [-0.15, -0.1) is 0 Å². The second kappa shape index (κ2) is 9.52. The van der Waals surface area contributed by atoms with E-state index in [4.69, 9.17) is 15.5 Å². The summed E-state index contributed by atoms with van der Waals surface area (Å²) in [4.78, 5) is 18.4. The van der Waals surface area contributed by atoms with Gasteiger partial charge in [-0.3, -0.25) is 4.90 Å². The highest BCUT2D eigenvalue weighted by molar-refractivity contribution is 5.68. The number of anilines is 2. The summed E-state index contributed by atoms with van der Waals surface area (Å²) < 4.78 is 7.88. The van der Waals surface area contributed by atoms with E-state index in [0.29, 0.717) is 12.3 Å². The van der Waals surface area contributed by atoms with Crippen LogP contribution >= 0.6 is 0 Å². The Balaban J connectivity index is 1.39. The van der Waals surface area contributed by atoms with Crippen LogP contribution in [-0.2, 0) is 6.54 Å². The Morgan fingerprint density at radius 3 is 2.47 bits per heavy atom. The molecule has 5 rings (SSSR count). The minimum absolute atomic E-state index is 0.512. The fourth-order valence-corrected chi connectivity index (χ4v) is 4.18. The van der Waals surface area contributed by atoms with Gasteiger partial charge in [0.1, 0.15) is 18.0 Å². The molecule has 0 spiro atoms. The van der Waals surface area contributed by atoms with Crippen molar-refractivity contribution in [1.29, 1.82) is 0 Å². The van der Waals surface area contributed by atoms with Crippen LogP contribution in [0.25, 0.3) is 16.9 Å². The van der Waals surface area contributed by atoms with Gasteiger partial charge in [0, 0.05) is 62.6 Å². The summed E-state index contributed by atoms with van der Waals surface area (Å²) in [5.41, 5.74) is 11.9. The molecule has 1 aliphatic heterocycles. The first-order valence-electron chi connectivity index (χ1n) is 11.5. The lowest BCUT2D eigenvalue weighted by Gasteiger charge is -2.34. The molecule has 2 N–H and O–H groups in total. The zero-order valence-corrected chi connectivity index (χ0v) is 19.4. The summed E-state index contributed by atoms with van der Waals surface area (Å²) >= 11 is 0. The van der Waals surface area contributed by atoms with Crippen molar-refractivity contribution >= 4 is 17.3 Å². The number of fused-ring (bicyclic) bond motifs is 1. The predicted molar refractivity (Wildman–Crippen MR) is 135 cm³/mol. The Labute approximate surface area is 199 Å². The maximum absolute atomic E-state index is 6.13. The van der Waals surface area contributed by atoms with Crippen LogP contribution in [0.5, 0.6) is 5.75 Å². The smallest absolute Gasteiger partial charge is 0.225 e. The standard InChI is InChI=1S/C26H29N7O/c1-19(2)18-34-22-7-4-20(5-8-22)25-23(33-16-21(27)6-9-24(33)30-25)17-31-12-14-32(15-13-31)26-28-10-3-11-29-26/h3-11,16H,1,12-15,17-18,27H2,2H3. The maximum Gasteiger partial charge on any atom is 0.225 e. The average molecular weight is 456 g/mol. The molecule has 0 bridgehead atoms. The van der Waals surface area contributed by atoms with Crippen molar-refractivity contribution < 1.29 is 4.74 Å². The second-order valence-corrected chi connectivity index (χ2v) is 8.68. The zero-order chi connectivity index (χ0) is 23.5. The number of imidazole rings is 1. The Hall–Kier alpha value is -3.91. The van der Waals surface area contributed by atoms with Gasteiger partial charge in [0.25, 0.3) is 0 Å². The molecule has 1 aromatic carbocycles. The lowest BCUT2D eigenvalue weighted by molar-refractivity contribution is 0.245. The average Bonchev–Trinajstić information content (AvgIpc) is 3.21. The number of nitrogen functional groups attached to an aromatic ring is 1. The molecule has 8 nitrogen and oxygen atoms in total. The molecule has 0 saturated carbocycles. The van der Waals surface area contributed by atoms with Crippen molar-refractivity contribution in [2.45, 2.75) is 13.5 Å². The summed E-state index contributed by atoms with van der Waals surface area (Å²) in [5, 5.41) is 0. The molecule has 4 aromatic rings. The van der Waals surface area contributed by atoms with Gasteiger partial charge in [-0.2, -0.15) is 0 Å². The molecule has 0 atom stereocenters. The van der Waals surface area contributed by atoms with Crippen molar-refractivity contribution in [1.82, 2.24) is 24.3 Å². The van der Waals surface area contributed by atoms with Crippen LogP contribution in [0, 0.1) is 0 Å². The van der Waals surface area contributed by atoms with Gasteiger partial charge in [-0.1, -0.05) is 6.58 Å². The number of hydrogen-bond donors (Lipinski definition) is 1. The van der Waals surface area contributed by atoms with Crippen molar-refractivity contribution in [2.24, 2.45) is 0 Å². The van der Waals surface area contributed by atoms with Crippen LogP contribution in [0.2, 0.25) is 0 Å². The van der Waals surface area contributed by atoms with E-state index in [1.807, 2.05) is 43.5 Å². The van der Waals surface area contributed by atoms with E-state index in [2.05, 4.69) is 42.9 Å². The molecule has 8 heteroatoms. The van der Waals surface area contributed by atoms with E-state index in [9.17, 15) is 0 Å². The fraction of sp³-hybridized carbons (Fsp3) is 0.269. The van der Waals surface area contributed by atoms with Crippen LogP contribution in [0.3, 0.4) is 0 Å². The van der Waals surface area contributed by atoms with E-state index in [0.717, 1.165) is 72.6 Å². The van der Waals surface area contributed by atoms with Gasteiger partial charge in [0.2, 0.25) is 5.95 Å². The summed E-state index contributed by atoms with van der Waals surface area (Å²) in [6, 6.07) is 13.8. The normalized spacial score (nSPS) is 14.4. The second-order valence-electron chi connectivity index (χ2n) is 8.68. The van der Waals surface area contributed by atoms with Crippen molar-refractivity contribution in [3.8, 4) is 17.0 Å². The third-order valence-electron chi connectivity index (χ3n) is 5.93. The highest BCUT2D eigenvalue weighted by Gasteiger charge is 2.22. The molecule has 34 heavy (non-hydrogen) atoms. The predicted octanol–water partition coefficient (Wildman–Crippen LogP) is 3.65. The molecule has 174 valence electrons. The van der Waals surface area contributed by atoms with Gasteiger partial charge in [-0.25, -0.2) is 15.0 Å². The van der Waals surface area contributed by atoms with Gasteiger partial charge in [0.05, 0.1) is 11.4 Å². The number of piperazine rings is 1. The van der Waals surface area contributed by atoms with Crippen molar-refractivity contribution in [3.05, 3.63) is 78.9 Å². The first-order valence-corrected chi connectivity index (χ1v) is 11.5. The number of pyridine rings is 1. The third kappa shape index (κ3) is 4.72. The van der Waals surface area contributed by atoms with Crippen molar-refractivity contribution in [2.75, 3.05) is 43.4 Å². The highest BCUT2D eigenvalue weighted by atomic mass is 16.5. The van der Waals surface area contributed by atoms with Crippen LogP contribution in [-0.4, -0.2) is 57.0 Å². The van der Waals surface area contributed by atoms with E-state index < -0.39 is 0 Å². The monoisotopic (exact) mass is 455 g/mol. The van der Waals surface area contributed by atoms with E-state index in [1.165, 1.54) is 0 Å². The number of rotatable bonds is 7. The highest BCUT2D eigenvalue weighted by Crippen LogP contribution is 2.28. The molecule has 0 unspecified atom stereocenters. The minimum Gasteiger partial charge on any atom is -0.489 e.